The quantitative estimate of drug-likeness (QED) is 0.824. The van der Waals surface area contributed by atoms with Crippen LogP contribution in [0.2, 0.25) is 0 Å². The van der Waals surface area contributed by atoms with Gasteiger partial charge in [0.1, 0.15) is 0 Å². The molecule has 2 aromatic carbocycles. The van der Waals surface area contributed by atoms with Crippen molar-refractivity contribution in [3.05, 3.63) is 70.8 Å². The van der Waals surface area contributed by atoms with Gasteiger partial charge in [-0.05, 0) is 36.8 Å². The van der Waals surface area contributed by atoms with Gasteiger partial charge in [-0.2, -0.15) is 0 Å². The third-order valence-corrected chi connectivity index (χ3v) is 6.77. The molecule has 24 heavy (non-hydrogen) atoms. The van der Waals surface area contributed by atoms with Crippen LogP contribution in [0.25, 0.3) is 0 Å². The summed E-state index contributed by atoms with van der Waals surface area (Å²) in [4.78, 5) is 24.1. The number of nitrogens with one attached hydrogen (secondary N) is 2. The Balaban J connectivity index is 1.56. The molecule has 0 spiro atoms. The summed E-state index contributed by atoms with van der Waals surface area (Å²) < 4.78 is 0.461. The van der Waals surface area contributed by atoms with E-state index < -0.39 is 0 Å². The minimum absolute atomic E-state index is 0.325. The van der Waals surface area contributed by atoms with Crippen LogP contribution in [0.4, 0.5) is 0 Å². The van der Waals surface area contributed by atoms with Gasteiger partial charge in [-0.1, -0.05) is 29.8 Å². The fraction of sp³-hybridized carbons (Fsp3) is 0.222. The van der Waals surface area contributed by atoms with E-state index in [4.69, 9.17) is 0 Å². The molecule has 2 amide bonds. The maximum Gasteiger partial charge on any atom is 0.269 e. The Morgan fingerprint density at radius 3 is 1.79 bits per heavy atom. The molecular formula is C18H18N2O2S2. The van der Waals surface area contributed by atoms with E-state index in [0.29, 0.717) is 15.7 Å². The van der Waals surface area contributed by atoms with Crippen molar-refractivity contribution in [3.63, 3.8) is 0 Å². The number of hydrogen-bond donors (Lipinski definition) is 2. The normalized spacial score (nSPS) is 14.4. The molecule has 0 radical (unpaired) electrons. The number of thioether (sulfide) groups is 2. The van der Waals surface area contributed by atoms with Crippen LogP contribution in [0, 0.1) is 6.92 Å². The summed E-state index contributed by atoms with van der Waals surface area (Å²) in [5.74, 6) is 1.68. The van der Waals surface area contributed by atoms with Crippen LogP contribution >= 0.6 is 23.5 Å². The summed E-state index contributed by atoms with van der Waals surface area (Å²) in [6, 6.07) is 14.7. The van der Waals surface area contributed by atoms with Crippen molar-refractivity contribution in [2.75, 3.05) is 11.5 Å². The number of hydrazine groups is 1. The highest BCUT2D eigenvalue weighted by Crippen LogP contribution is 2.45. The second kappa shape index (κ2) is 7.77. The number of rotatable bonds is 3. The average Bonchev–Trinajstić information content (AvgIpc) is 3.15. The first-order chi connectivity index (χ1) is 11.6. The predicted molar refractivity (Wildman–Crippen MR) is 100 cm³/mol. The highest BCUT2D eigenvalue weighted by atomic mass is 32.2. The Hall–Kier alpha value is -1.92. The molecule has 1 aliphatic rings. The number of carbonyl (C=O) groups excluding carboxylic acids is 2. The minimum atomic E-state index is -0.335. The fourth-order valence-corrected chi connectivity index (χ4v) is 5.16. The summed E-state index contributed by atoms with van der Waals surface area (Å²) in [5.41, 5.74) is 8.22. The summed E-state index contributed by atoms with van der Waals surface area (Å²) in [6.45, 7) is 1.95. The lowest BCUT2D eigenvalue weighted by Gasteiger charge is -2.10. The van der Waals surface area contributed by atoms with Gasteiger partial charge in [-0.25, -0.2) is 0 Å². The van der Waals surface area contributed by atoms with E-state index in [1.165, 1.54) is 17.1 Å². The third kappa shape index (κ3) is 4.13. The van der Waals surface area contributed by atoms with Crippen molar-refractivity contribution in [1.82, 2.24) is 10.9 Å². The Morgan fingerprint density at radius 1 is 0.833 bits per heavy atom. The molecule has 1 aliphatic heterocycles. The zero-order valence-corrected chi connectivity index (χ0v) is 14.9. The molecule has 6 heteroatoms. The first kappa shape index (κ1) is 16.9. The zero-order valence-electron chi connectivity index (χ0n) is 13.2. The molecule has 1 heterocycles. The molecular weight excluding hydrogens is 340 g/mol. The molecule has 0 atom stereocenters. The van der Waals surface area contributed by atoms with E-state index in [9.17, 15) is 9.59 Å². The summed E-state index contributed by atoms with van der Waals surface area (Å²) >= 11 is 3.86. The van der Waals surface area contributed by atoms with Crippen molar-refractivity contribution < 1.29 is 9.59 Å². The molecule has 1 saturated heterocycles. The van der Waals surface area contributed by atoms with Gasteiger partial charge in [0.05, 0.1) is 4.58 Å². The van der Waals surface area contributed by atoms with Crippen molar-refractivity contribution in [2.24, 2.45) is 0 Å². The Morgan fingerprint density at radius 2 is 1.29 bits per heavy atom. The van der Waals surface area contributed by atoms with Gasteiger partial charge in [0.15, 0.2) is 0 Å². The van der Waals surface area contributed by atoms with Crippen LogP contribution in [0.3, 0.4) is 0 Å². The smallest absolute Gasteiger partial charge is 0.267 e. The van der Waals surface area contributed by atoms with Gasteiger partial charge in [0, 0.05) is 22.6 Å². The maximum atomic E-state index is 12.1. The molecule has 0 unspecified atom stereocenters. The average molecular weight is 358 g/mol. The predicted octanol–water partition coefficient (Wildman–Crippen LogP) is 3.55. The van der Waals surface area contributed by atoms with Crippen molar-refractivity contribution in [3.8, 4) is 0 Å². The number of amides is 2. The third-order valence-electron chi connectivity index (χ3n) is 3.67. The first-order valence-electron chi connectivity index (χ1n) is 7.64. The molecule has 2 N–H and O–H groups in total. The lowest BCUT2D eigenvalue weighted by Crippen LogP contribution is -2.41. The van der Waals surface area contributed by atoms with E-state index in [0.717, 1.165) is 5.56 Å². The fourth-order valence-electron chi connectivity index (χ4n) is 2.31. The van der Waals surface area contributed by atoms with Gasteiger partial charge >= 0.3 is 0 Å². The monoisotopic (exact) mass is 358 g/mol. The summed E-state index contributed by atoms with van der Waals surface area (Å²) in [5, 5.41) is 0. The van der Waals surface area contributed by atoms with Crippen LogP contribution < -0.4 is 10.9 Å². The largest absolute Gasteiger partial charge is 0.269 e. The maximum absolute atomic E-state index is 12.1. The van der Waals surface area contributed by atoms with Gasteiger partial charge in [0.25, 0.3) is 11.8 Å². The second-order valence-electron chi connectivity index (χ2n) is 5.47. The van der Waals surface area contributed by atoms with Crippen molar-refractivity contribution >= 4 is 35.3 Å². The summed E-state index contributed by atoms with van der Waals surface area (Å²) in [6.07, 6.45) is 0. The Bertz CT molecular complexity index is 724. The van der Waals surface area contributed by atoms with Crippen LogP contribution in [0.5, 0.6) is 0 Å². The molecule has 124 valence electrons. The van der Waals surface area contributed by atoms with Crippen molar-refractivity contribution in [2.45, 2.75) is 11.5 Å². The van der Waals surface area contributed by atoms with Crippen LogP contribution in [0.15, 0.2) is 48.5 Å². The molecule has 0 saturated carbocycles. The number of aryl methyl sites for hydroxylation is 1. The van der Waals surface area contributed by atoms with E-state index in [2.05, 4.69) is 10.9 Å². The molecule has 0 bridgehead atoms. The minimum Gasteiger partial charge on any atom is -0.267 e. The van der Waals surface area contributed by atoms with E-state index in [-0.39, 0.29) is 11.8 Å². The molecule has 0 aliphatic carbocycles. The SMILES string of the molecule is Cc1ccc(C(=O)NNC(=O)c2ccc(C3SCCS3)cc2)cc1. The van der Waals surface area contributed by atoms with E-state index in [1.807, 2.05) is 54.7 Å². The van der Waals surface area contributed by atoms with Gasteiger partial charge in [-0.15, -0.1) is 23.5 Å². The van der Waals surface area contributed by atoms with Crippen molar-refractivity contribution in [1.29, 1.82) is 0 Å². The Kier molecular flexibility index (Phi) is 5.48. The number of benzene rings is 2. The molecule has 0 aromatic heterocycles. The highest BCUT2D eigenvalue weighted by molar-refractivity contribution is 8.19. The van der Waals surface area contributed by atoms with Gasteiger partial charge in [0.2, 0.25) is 0 Å². The second-order valence-corrected chi connectivity index (χ2v) is 8.19. The van der Waals surface area contributed by atoms with Gasteiger partial charge < -0.3 is 0 Å². The lowest BCUT2D eigenvalue weighted by molar-refractivity contribution is 0.0846. The topological polar surface area (TPSA) is 58.2 Å². The van der Waals surface area contributed by atoms with E-state index >= 15 is 0 Å². The zero-order chi connectivity index (χ0) is 16.9. The molecule has 4 nitrogen and oxygen atoms in total. The highest BCUT2D eigenvalue weighted by Gasteiger charge is 2.18. The standard InChI is InChI=1S/C18H18N2O2S2/c1-12-2-4-13(5-3-12)16(21)19-20-17(22)14-6-8-15(9-7-14)18-23-10-11-24-18/h2-9,18H,10-11H2,1H3,(H,19,21)(H,20,22). The first-order valence-corrected chi connectivity index (χ1v) is 9.74. The molecule has 2 aromatic rings. The van der Waals surface area contributed by atoms with Crippen LogP contribution in [-0.4, -0.2) is 23.3 Å². The van der Waals surface area contributed by atoms with Crippen LogP contribution in [0.1, 0.15) is 36.4 Å². The lowest BCUT2D eigenvalue weighted by atomic mass is 10.1. The van der Waals surface area contributed by atoms with Gasteiger partial charge in [-0.3, -0.25) is 20.4 Å². The van der Waals surface area contributed by atoms with E-state index in [1.54, 1.807) is 24.3 Å². The molecule has 1 fully saturated rings. The number of hydrogen-bond acceptors (Lipinski definition) is 4. The van der Waals surface area contributed by atoms with Crippen LogP contribution in [-0.2, 0) is 0 Å². The number of carbonyl (C=O) groups is 2. The molecule has 3 rings (SSSR count). The summed E-state index contributed by atoms with van der Waals surface area (Å²) in [7, 11) is 0. The Labute approximate surface area is 149 Å².